The lowest BCUT2D eigenvalue weighted by Gasteiger charge is -2.12. The standard InChI is InChI=1S/C13H23N3/c1-5-6-11-7-13(11)14-9(2)12-8-16(4)15-10(12)3/h8-9,11,13-14H,5-7H2,1-4H3. The molecule has 1 aliphatic rings. The van der Waals surface area contributed by atoms with Crippen LogP contribution in [0.3, 0.4) is 0 Å². The predicted octanol–water partition coefficient (Wildman–Crippen LogP) is 2.57. The van der Waals surface area contributed by atoms with Gasteiger partial charge in [0.25, 0.3) is 0 Å². The van der Waals surface area contributed by atoms with E-state index in [2.05, 4.69) is 37.4 Å². The Hall–Kier alpha value is -0.830. The van der Waals surface area contributed by atoms with Crippen LogP contribution in [0.25, 0.3) is 0 Å². The lowest BCUT2D eigenvalue weighted by Crippen LogP contribution is -2.22. The Morgan fingerprint density at radius 3 is 2.94 bits per heavy atom. The van der Waals surface area contributed by atoms with E-state index in [0.29, 0.717) is 6.04 Å². The normalized spacial score (nSPS) is 25.8. The lowest BCUT2D eigenvalue weighted by molar-refractivity contribution is 0.528. The van der Waals surface area contributed by atoms with Gasteiger partial charge in [-0.05, 0) is 32.6 Å². The fourth-order valence-electron chi connectivity index (χ4n) is 2.60. The number of hydrogen-bond donors (Lipinski definition) is 1. The molecule has 2 rings (SSSR count). The highest BCUT2D eigenvalue weighted by Crippen LogP contribution is 2.36. The van der Waals surface area contributed by atoms with Gasteiger partial charge in [-0.25, -0.2) is 0 Å². The molecule has 0 aliphatic heterocycles. The summed E-state index contributed by atoms with van der Waals surface area (Å²) >= 11 is 0. The molecule has 3 heteroatoms. The summed E-state index contributed by atoms with van der Waals surface area (Å²) < 4.78 is 1.90. The van der Waals surface area contributed by atoms with Gasteiger partial charge in [-0.3, -0.25) is 4.68 Å². The first-order valence-corrected chi connectivity index (χ1v) is 6.38. The number of aryl methyl sites for hydroxylation is 2. The SMILES string of the molecule is CCCC1CC1NC(C)c1cn(C)nc1C. The molecule has 0 saturated heterocycles. The summed E-state index contributed by atoms with van der Waals surface area (Å²) in [6, 6.07) is 1.18. The molecule has 3 atom stereocenters. The maximum absolute atomic E-state index is 4.39. The van der Waals surface area contributed by atoms with Crippen LogP contribution in [-0.2, 0) is 7.05 Å². The molecule has 1 aliphatic carbocycles. The average Bonchev–Trinajstić information content (AvgIpc) is 2.83. The maximum atomic E-state index is 4.39. The summed E-state index contributed by atoms with van der Waals surface area (Å²) in [5.74, 6) is 0.921. The minimum Gasteiger partial charge on any atom is -0.307 e. The van der Waals surface area contributed by atoms with Crippen LogP contribution in [-0.4, -0.2) is 15.8 Å². The highest BCUT2D eigenvalue weighted by molar-refractivity contribution is 5.20. The van der Waals surface area contributed by atoms with Crippen molar-refractivity contribution in [2.24, 2.45) is 13.0 Å². The minimum absolute atomic E-state index is 0.431. The van der Waals surface area contributed by atoms with E-state index in [4.69, 9.17) is 0 Å². The first-order chi connectivity index (χ1) is 7.61. The van der Waals surface area contributed by atoms with Gasteiger partial charge in [0.1, 0.15) is 0 Å². The van der Waals surface area contributed by atoms with Crippen molar-refractivity contribution in [2.45, 2.75) is 52.1 Å². The van der Waals surface area contributed by atoms with E-state index in [1.807, 2.05) is 11.7 Å². The highest BCUT2D eigenvalue weighted by Gasteiger charge is 2.36. The van der Waals surface area contributed by atoms with Crippen LogP contribution in [0.5, 0.6) is 0 Å². The number of nitrogens with zero attached hydrogens (tertiary/aromatic N) is 2. The molecule has 1 N–H and O–H groups in total. The van der Waals surface area contributed by atoms with Gasteiger partial charge in [0.2, 0.25) is 0 Å². The molecular weight excluding hydrogens is 198 g/mol. The Morgan fingerprint density at radius 1 is 1.62 bits per heavy atom. The van der Waals surface area contributed by atoms with Gasteiger partial charge in [-0.2, -0.15) is 5.10 Å². The first kappa shape index (κ1) is 11.6. The predicted molar refractivity (Wildman–Crippen MR) is 66.3 cm³/mol. The Labute approximate surface area is 98.2 Å². The quantitative estimate of drug-likeness (QED) is 0.828. The van der Waals surface area contributed by atoms with Crippen LogP contribution < -0.4 is 5.32 Å². The Kier molecular flexibility index (Phi) is 3.33. The number of nitrogens with one attached hydrogen (secondary N) is 1. The second kappa shape index (κ2) is 4.58. The van der Waals surface area contributed by atoms with E-state index in [1.54, 1.807) is 0 Å². The van der Waals surface area contributed by atoms with Crippen LogP contribution in [0.15, 0.2) is 6.20 Å². The van der Waals surface area contributed by atoms with Crippen molar-refractivity contribution in [1.82, 2.24) is 15.1 Å². The highest BCUT2D eigenvalue weighted by atomic mass is 15.3. The van der Waals surface area contributed by atoms with Gasteiger partial charge in [0.15, 0.2) is 0 Å². The lowest BCUT2D eigenvalue weighted by atomic mass is 10.1. The van der Waals surface area contributed by atoms with Crippen LogP contribution >= 0.6 is 0 Å². The fourth-order valence-corrected chi connectivity index (χ4v) is 2.60. The molecule has 0 radical (unpaired) electrons. The van der Waals surface area contributed by atoms with Crippen molar-refractivity contribution in [2.75, 3.05) is 0 Å². The zero-order valence-electron chi connectivity index (χ0n) is 10.8. The zero-order valence-corrected chi connectivity index (χ0v) is 10.8. The van der Waals surface area contributed by atoms with E-state index >= 15 is 0 Å². The van der Waals surface area contributed by atoms with Crippen molar-refractivity contribution in [1.29, 1.82) is 0 Å². The number of rotatable bonds is 5. The zero-order chi connectivity index (χ0) is 11.7. The third-order valence-electron chi connectivity index (χ3n) is 3.56. The van der Waals surface area contributed by atoms with Crippen LogP contribution in [0.2, 0.25) is 0 Å². The van der Waals surface area contributed by atoms with Crippen molar-refractivity contribution in [3.05, 3.63) is 17.5 Å². The summed E-state index contributed by atoms with van der Waals surface area (Å²) in [5, 5.41) is 8.10. The number of aromatic nitrogens is 2. The Morgan fingerprint density at radius 2 is 2.38 bits per heavy atom. The molecule has 3 nitrogen and oxygen atoms in total. The minimum atomic E-state index is 0.431. The summed E-state index contributed by atoms with van der Waals surface area (Å²) in [6.45, 7) is 6.60. The fraction of sp³-hybridized carbons (Fsp3) is 0.769. The smallest absolute Gasteiger partial charge is 0.0641 e. The molecule has 1 aromatic heterocycles. The Balaban J connectivity index is 1.89. The molecule has 0 spiro atoms. The second-order valence-electron chi connectivity index (χ2n) is 5.12. The summed E-state index contributed by atoms with van der Waals surface area (Å²) in [4.78, 5) is 0. The van der Waals surface area contributed by atoms with Crippen molar-refractivity contribution in [3.8, 4) is 0 Å². The van der Waals surface area contributed by atoms with Crippen LogP contribution in [0.1, 0.15) is 50.4 Å². The Bertz CT molecular complexity index is 356. The first-order valence-electron chi connectivity index (χ1n) is 6.38. The van der Waals surface area contributed by atoms with Gasteiger partial charge in [0, 0.05) is 30.9 Å². The molecule has 16 heavy (non-hydrogen) atoms. The molecule has 3 unspecified atom stereocenters. The molecule has 1 heterocycles. The topological polar surface area (TPSA) is 29.9 Å². The molecular formula is C13H23N3. The third kappa shape index (κ3) is 2.46. The maximum Gasteiger partial charge on any atom is 0.0641 e. The van der Waals surface area contributed by atoms with E-state index in [9.17, 15) is 0 Å². The van der Waals surface area contributed by atoms with Gasteiger partial charge < -0.3 is 5.32 Å². The molecule has 0 amide bonds. The van der Waals surface area contributed by atoms with Crippen molar-refractivity contribution >= 4 is 0 Å². The third-order valence-corrected chi connectivity index (χ3v) is 3.56. The monoisotopic (exact) mass is 221 g/mol. The summed E-state index contributed by atoms with van der Waals surface area (Å²) in [5.41, 5.74) is 2.49. The van der Waals surface area contributed by atoms with Gasteiger partial charge in [-0.1, -0.05) is 13.3 Å². The molecule has 1 saturated carbocycles. The number of hydrogen-bond acceptors (Lipinski definition) is 2. The summed E-state index contributed by atoms with van der Waals surface area (Å²) in [7, 11) is 1.99. The van der Waals surface area contributed by atoms with Crippen molar-refractivity contribution < 1.29 is 0 Å². The molecule has 90 valence electrons. The van der Waals surface area contributed by atoms with E-state index in [-0.39, 0.29) is 0 Å². The van der Waals surface area contributed by atoms with Gasteiger partial charge in [0.05, 0.1) is 5.69 Å². The summed E-state index contributed by atoms with van der Waals surface area (Å²) in [6.07, 6.45) is 6.17. The molecule has 1 aromatic rings. The van der Waals surface area contributed by atoms with Crippen molar-refractivity contribution in [3.63, 3.8) is 0 Å². The molecule has 1 fully saturated rings. The van der Waals surface area contributed by atoms with Gasteiger partial charge in [-0.15, -0.1) is 0 Å². The van der Waals surface area contributed by atoms with Gasteiger partial charge >= 0.3 is 0 Å². The van der Waals surface area contributed by atoms with Crippen LogP contribution in [0.4, 0.5) is 0 Å². The molecule has 0 bridgehead atoms. The van der Waals surface area contributed by atoms with E-state index in [0.717, 1.165) is 17.7 Å². The largest absolute Gasteiger partial charge is 0.307 e. The van der Waals surface area contributed by atoms with E-state index < -0.39 is 0 Å². The molecule has 0 aromatic carbocycles. The second-order valence-corrected chi connectivity index (χ2v) is 5.12. The van der Waals surface area contributed by atoms with E-state index in [1.165, 1.54) is 24.8 Å². The average molecular weight is 221 g/mol. The van der Waals surface area contributed by atoms with Crippen LogP contribution in [0, 0.1) is 12.8 Å².